The lowest BCUT2D eigenvalue weighted by Crippen LogP contribution is -2.38. The highest BCUT2D eigenvalue weighted by molar-refractivity contribution is 9.10. The van der Waals surface area contributed by atoms with Crippen LogP contribution < -0.4 is 5.32 Å². The maximum Gasteiger partial charge on any atom is 0.240 e. The number of carbonyl (C=O) groups is 1. The normalized spacial score (nSPS) is 20.2. The van der Waals surface area contributed by atoms with E-state index < -0.39 is 0 Å². The van der Waals surface area contributed by atoms with E-state index in [9.17, 15) is 4.79 Å². The zero-order valence-corrected chi connectivity index (χ0v) is 12.3. The molecule has 17 heavy (non-hydrogen) atoms. The molecule has 1 aromatic rings. The van der Waals surface area contributed by atoms with Crippen LogP contribution in [0.4, 0.5) is 0 Å². The van der Waals surface area contributed by atoms with Crippen molar-refractivity contribution in [1.82, 2.24) is 10.2 Å². The average Bonchev–Trinajstić information content (AvgIpc) is 2.86. The number of amides is 1. The van der Waals surface area contributed by atoms with Gasteiger partial charge in [0, 0.05) is 15.9 Å². The third-order valence-corrected chi connectivity index (χ3v) is 4.87. The predicted molar refractivity (Wildman–Crippen MR) is 74.1 cm³/mol. The van der Waals surface area contributed by atoms with Crippen molar-refractivity contribution in [3.8, 4) is 0 Å². The van der Waals surface area contributed by atoms with Crippen molar-refractivity contribution in [1.29, 1.82) is 0 Å². The van der Waals surface area contributed by atoms with E-state index in [1.165, 1.54) is 4.88 Å². The Morgan fingerprint density at radius 2 is 2.47 bits per heavy atom. The van der Waals surface area contributed by atoms with Crippen molar-refractivity contribution < 1.29 is 4.79 Å². The third-order valence-electron chi connectivity index (χ3n) is 2.96. The standard InChI is InChI=1S/C12H17BrN2OS/c1-2-5-14-10-3-6-15(12(10)16)8-11-9(13)4-7-17-11/h4,7,10,14H,2-3,5-6,8H2,1H3. The molecular weight excluding hydrogens is 300 g/mol. The lowest BCUT2D eigenvalue weighted by Gasteiger charge is -2.16. The number of hydrogen-bond donors (Lipinski definition) is 1. The van der Waals surface area contributed by atoms with E-state index in [1.807, 2.05) is 16.3 Å². The van der Waals surface area contributed by atoms with Crippen molar-refractivity contribution in [3.05, 3.63) is 20.8 Å². The van der Waals surface area contributed by atoms with Gasteiger partial charge >= 0.3 is 0 Å². The van der Waals surface area contributed by atoms with Crippen LogP contribution in [0, 0.1) is 0 Å². The smallest absolute Gasteiger partial charge is 0.240 e. The Bertz CT molecular complexity index is 394. The molecule has 3 nitrogen and oxygen atoms in total. The zero-order chi connectivity index (χ0) is 12.3. The number of halogens is 1. The summed E-state index contributed by atoms with van der Waals surface area (Å²) < 4.78 is 1.11. The van der Waals surface area contributed by atoms with Crippen LogP contribution in [0.2, 0.25) is 0 Å². The maximum atomic E-state index is 12.1. The Morgan fingerprint density at radius 3 is 3.12 bits per heavy atom. The largest absolute Gasteiger partial charge is 0.336 e. The molecular formula is C12H17BrN2OS. The number of nitrogens with one attached hydrogen (secondary N) is 1. The van der Waals surface area contributed by atoms with E-state index in [0.717, 1.165) is 36.9 Å². The van der Waals surface area contributed by atoms with Gasteiger partial charge < -0.3 is 10.2 Å². The molecule has 1 fully saturated rings. The molecule has 0 aromatic carbocycles. The summed E-state index contributed by atoms with van der Waals surface area (Å²) in [6.07, 6.45) is 2.00. The molecule has 5 heteroatoms. The van der Waals surface area contributed by atoms with Gasteiger partial charge in [-0.3, -0.25) is 4.79 Å². The molecule has 94 valence electrons. The fourth-order valence-electron chi connectivity index (χ4n) is 2.02. The third kappa shape index (κ3) is 3.09. The van der Waals surface area contributed by atoms with E-state index in [2.05, 4.69) is 28.2 Å². The van der Waals surface area contributed by atoms with Crippen molar-refractivity contribution in [3.63, 3.8) is 0 Å². The fraction of sp³-hybridized carbons (Fsp3) is 0.583. The topological polar surface area (TPSA) is 32.3 Å². The van der Waals surface area contributed by atoms with Gasteiger partial charge in [-0.25, -0.2) is 0 Å². The summed E-state index contributed by atoms with van der Waals surface area (Å²) in [6.45, 7) is 4.64. The van der Waals surface area contributed by atoms with Crippen molar-refractivity contribution in [2.45, 2.75) is 32.4 Å². The quantitative estimate of drug-likeness (QED) is 0.905. The number of thiophene rings is 1. The molecule has 2 rings (SSSR count). The van der Waals surface area contributed by atoms with Crippen LogP contribution in [0.15, 0.2) is 15.9 Å². The lowest BCUT2D eigenvalue weighted by molar-refractivity contribution is -0.129. The molecule has 1 N–H and O–H groups in total. The highest BCUT2D eigenvalue weighted by Crippen LogP contribution is 2.26. The minimum atomic E-state index is 0.0358. The van der Waals surface area contributed by atoms with Crippen LogP contribution in [0.25, 0.3) is 0 Å². The molecule has 1 aromatic heterocycles. The van der Waals surface area contributed by atoms with Crippen LogP contribution in [0.5, 0.6) is 0 Å². The van der Waals surface area contributed by atoms with E-state index in [4.69, 9.17) is 0 Å². The van der Waals surface area contributed by atoms with Gasteiger partial charge in [-0.2, -0.15) is 0 Å². The number of rotatable bonds is 5. The van der Waals surface area contributed by atoms with Crippen molar-refractivity contribution in [2.24, 2.45) is 0 Å². The Morgan fingerprint density at radius 1 is 1.65 bits per heavy atom. The molecule has 0 saturated carbocycles. The average molecular weight is 317 g/mol. The molecule has 0 aliphatic carbocycles. The summed E-state index contributed by atoms with van der Waals surface area (Å²) in [5, 5.41) is 5.35. The second kappa shape index (κ2) is 5.98. The van der Waals surface area contributed by atoms with Gasteiger partial charge in [-0.1, -0.05) is 6.92 Å². The lowest BCUT2D eigenvalue weighted by atomic mass is 10.2. The van der Waals surface area contributed by atoms with Crippen LogP contribution >= 0.6 is 27.3 Å². The molecule has 0 radical (unpaired) electrons. The van der Waals surface area contributed by atoms with Gasteiger partial charge in [0.1, 0.15) is 0 Å². The van der Waals surface area contributed by atoms with Gasteiger partial charge in [0.05, 0.1) is 12.6 Å². The summed E-state index contributed by atoms with van der Waals surface area (Å²) in [5.41, 5.74) is 0. The summed E-state index contributed by atoms with van der Waals surface area (Å²) in [4.78, 5) is 15.3. The van der Waals surface area contributed by atoms with E-state index in [1.54, 1.807) is 11.3 Å². The highest BCUT2D eigenvalue weighted by atomic mass is 79.9. The molecule has 0 bridgehead atoms. The fourth-order valence-corrected chi connectivity index (χ4v) is 3.51. The molecule has 0 spiro atoms. The molecule has 1 saturated heterocycles. The first-order chi connectivity index (χ1) is 8.22. The Labute approximate surface area is 114 Å². The van der Waals surface area contributed by atoms with Gasteiger partial charge in [0.15, 0.2) is 0 Å². The van der Waals surface area contributed by atoms with E-state index in [0.29, 0.717) is 0 Å². The second-order valence-corrected chi connectivity index (χ2v) is 6.10. The number of nitrogens with zero attached hydrogens (tertiary/aromatic N) is 1. The molecule has 1 unspecified atom stereocenters. The second-order valence-electron chi connectivity index (χ2n) is 4.25. The van der Waals surface area contributed by atoms with Crippen molar-refractivity contribution in [2.75, 3.05) is 13.1 Å². The van der Waals surface area contributed by atoms with Crippen LogP contribution in [0.1, 0.15) is 24.6 Å². The van der Waals surface area contributed by atoms with Gasteiger partial charge in [0.2, 0.25) is 5.91 Å². The highest BCUT2D eigenvalue weighted by Gasteiger charge is 2.31. The molecule has 1 aliphatic heterocycles. The van der Waals surface area contributed by atoms with Gasteiger partial charge in [0.25, 0.3) is 0 Å². The first-order valence-electron chi connectivity index (χ1n) is 5.96. The van der Waals surface area contributed by atoms with E-state index >= 15 is 0 Å². The van der Waals surface area contributed by atoms with Gasteiger partial charge in [-0.15, -0.1) is 11.3 Å². The number of likely N-dealkylation sites (tertiary alicyclic amines) is 1. The monoisotopic (exact) mass is 316 g/mol. The molecule has 1 aliphatic rings. The zero-order valence-electron chi connectivity index (χ0n) is 9.91. The number of hydrogen-bond acceptors (Lipinski definition) is 3. The summed E-state index contributed by atoms with van der Waals surface area (Å²) in [6, 6.07) is 2.07. The molecule has 1 atom stereocenters. The Hall–Kier alpha value is -0.390. The summed E-state index contributed by atoms with van der Waals surface area (Å²) >= 11 is 5.20. The first kappa shape index (κ1) is 13.1. The predicted octanol–water partition coefficient (Wildman–Crippen LogP) is 2.61. The Balaban J connectivity index is 1.92. The summed E-state index contributed by atoms with van der Waals surface area (Å²) in [7, 11) is 0. The van der Waals surface area contributed by atoms with E-state index in [-0.39, 0.29) is 11.9 Å². The maximum absolute atomic E-state index is 12.1. The SMILES string of the molecule is CCCNC1CCN(Cc2sccc2Br)C1=O. The van der Waals surface area contributed by atoms with Crippen LogP contribution in [0.3, 0.4) is 0 Å². The Kier molecular flexibility index (Phi) is 4.59. The van der Waals surface area contributed by atoms with Crippen LogP contribution in [-0.4, -0.2) is 29.9 Å². The minimum absolute atomic E-state index is 0.0358. The number of carbonyl (C=O) groups excluding carboxylic acids is 1. The van der Waals surface area contributed by atoms with Crippen molar-refractivity contribution >= 4 is 33.2 Å². The van der Waals surface area contributed by atoms with Crippen LogP contribution in [-0.2, 0) is 11.3 Å². The minimum Gasteiger partial charge on any atom is -0.336 e. The van der Waals surface area contributed by atoms with Gasteiger partial charge in [-0.05, 0) is 46.8 Å². The first-order valence-corrected chi connectivity index (χ1v) is 7.63. The molecule has 2 heterocycles. The summed E-state index contributed by atoms with van der Waals surface area (Å²) in [5.74, 6) is 0.249. The molecule has 1 amide bonds.